The highest BCUT2D eigenvalue weighted by Gasteiger charge is 2.11. The zero-order valence-corrected chi connectivity index (χ0v) is 11.8. The normalized spacial score (nSPS) is 17.0. The van der Waals surface area contributed by atoms with E-state index in [1.807, 2.05) is 0 Å². The highest BCUT2D eigenvalue weighted by atomic mass is 16.3. The molecule has 0 atom stereocenters. The van der Waals surface area contributed by atoms with Gasteiger partial charge in [0.1, 0.15) is 0 Å². The molecule has 4 N–H and O–H groups in total. The molecule has 0 unspecified atom stereocenters. The molecule has 0 saturated carbocycles. The molecule has 1 saturated heterocycles. The molecule has 112 valence electrons. The Bertz CT molecular complexity index is 429. The van der Waals surface area contributed by atoms with Crippen LogP contribution in [0.15, 0.2) is 12.1 Å². The smallest absolute Gasteiger partial charge is 0.200 e. The van der Waals surface area contributed by atoms with E-state index in [4.69, 9.17) is 0 Å². The summed E-state index contributed by atoms with van der Waals surface area (Å²) in [6.07, 6.45) is 5.24. The largest absolute Gasteiger partial charge is 0.504 e. The lowest BCUT2D eigenvalue weighted by molar-refractivity contribution is 0.283. The Labute approximate surface area is 119 Å². The second-order valence-electron chi connectivity index (χ2n) is 5.37. The second-order valence-corrected chi connectivity index (χ2v) is 5.37. The number of hydrogen-bond donors (Lipinski definition) is 4. The van der Waals surface area contributed by atoms with Gasteiger partial charge in [-0.25, -0.2) is 0 Å². The summed E-state index contributed by atoms with van der Waals surface area (Å²) < 4.78 is 0. The van der Waals surface area contributed by atoms with Crippen LogP contribution in [0.1, 0.15) is 31.2 Å². The lowest BCUT2D eigenvalue weighted by atomic mass is 10.1. The third-order valence-electron chi connectivity index (χ3n) is 3.83. The van der Waals surface area contributed by atoms with Crippen molar-refractivity contribution in [2.75, 3.05) is 26.2 Å². The van der Waals surface area contributed by atoms with Crippen molar-refractivity contribution >= 4 is 0 Å². The molecule has 1 aromatic rings. The molecular formula is C15H24N2O3. The maximum absolute atomic E-state index is 9.70. The summed E-state index contributed by atoms with van der Waals surface area (Å²) in [5, 5.41) is 31.7. The van der Waals surface area contributed by atoms with E-state index in [1.54, 1.807) is 6.07 Å². The van der Waals surface area contributed by atoms with Gasteiger partial charge in [0.15, 0.2) is 11.5 Å². The summed E-state index contributed by atoms with van der Waals surface area (Å²) in [7, 11) is 0. The molecule has 0 radical (unpaired) electrons. The number of phenolic OH excluding ortho intramolecular Hbond substituents is 3. The first kappa shape index (κ1) is 14.9. The van der Waals surface area contributed by atoms with E-state index in [0.717, 1.165) is 13.1 Å². The fourth-order valence-electron chi connectivity index (χ4n) is 2.57. The molecule has 0 bridgehead atoms. The first-order valence-corrected chi connectivity index (χ1v) is 7.34. The SMILES string of the molecule is Oc1ccc(CNCCN2CCCCCC2)c(O)c1O. The van der Waals surface area contributed by atoms with Crippen LogP contribution in [0.5, 0.6) is 17.2 Å². The highest BCUT2D eigenvalue weighted by Crippen LogP contribution is 2.36. The summed E-state index contributed by atoms with van der Waals surface area (Å²) in [5.74, 6) is -0.986. The highest BCUT2D eigenvalue weighted by molar-refractivity contribution is 5.52. The lowest BCUT2D eigenvalue weighted by Gasteiger charge is -2.19. The molecule has 1 aromatic carbocycles. The third-order valence-corrected chi connectivity index (χ3v) is 3.83. The Morgan fingerprint density at radius 1 is 0.950 bits per heavy atom. The molecule has 0 spiro atoms. The molecule has 1 aliphatic heterocycles. The standard InChI is InChI=1S/C15H24N2O3/c18-13-6-5-12(14(19)15(13)20)11-16-7-10-17-8-3-1-2-4-9-17/h5-6,16,18-20H,1-4,7-11H2. The van der Waals surface area contributed by atoms with E-state index < -0.39 is 5.75 Å². The number of likely N-dealkylation sites (tertiary alicyclic amines) is 1. The minimum atomic E-state index is -0.447. The van der Waals surface area contributed by atoms with Crippen molar-refractivity contribution in [2.45, 2.75) is 32.2 Å². The van der Waals surface area contributed by atoms with Crippen LogP contribution >= 0.6 is 0 Å². The predicted molar refractivity (Wildman–Crippen MR) is 78.1 cm³/mol. The van der Waals surface area contributed by atoms with E-state index in [0.29, 0.717) is 12.1 Å². The number of nitrogens with one attached hydrogen (secondary N) is 1. The molecule has 20 heavy (non-hydrogen) atoms. The van der Waals surface area contributed by atoms with Crippen molar-refractivity contribution in [1.29, 1.82) is 0 Å². The first-order valence-electron chi connectivity index (χ1n) is 7.34. The van der Waals surface area contributed by atoms with Crippen molar-refractivity contribution in [1.82, 2.24) is 10.2 Å². The average Bonchev–Trinajstić information content (AvgIpc) is 2.72. The van der Waals surface area contributed by atoms with Gasteiger partial charge in [0.2, 0.25) is 5.75 Å². The van der Waals surface area contributed by atoms with Crippen LogP contribution in [0.25, 0.3) is 0 Å². The van der Waals surface area contributed by atoms with Crippen molar-refractivity contribution < 1.29 is 15.3 Å². The molecular weight excluding hydrogens is 256 g/mol. The van der Waals surface area contributed by atoms with Gasteiger partial charge in [-0.15, -0.1) is 0 Å². The molecule has 1 heterocycles. The molecule has 1 aliphatic rings. The van der Waals surface area contributed by atoms with Gasteiger partial charge in [0.05, 0.1) is 0 Å². The maximum Gasteiger partial charge on any atom is 0.200 e. The van der Waals surface area contributed by atoms with Gasteiger partial charge in [-0.2, -0.15) is 0 Å². The zero-order chi connectivity index (χ0) is 14.4. The van der Waals surface area contributed by atoms with Crippen molar-refractivity contribution in [3.8, 4) is 17.2 Å². The van der Waals surface area contributed by atoms with E-state index in [1.165, 1.54) is 44.8 Å². The van der Waals surface area contributed by atoms with Gasteiger partial charge < -0.3 is 25.5 Å². The summed E-state index contributed by atoms with van der Waals surface area (Å²) in [4.78, 5) is 2.47. The zero-order valence-electron chi connectivity index (χ0n) is 11.8. The summed E-state index contributed by atoms with van der Waals surface area (Å²) in [5.41, 5.74) is 0.594. The van der Waals surface area contributed by atoms with Gasteiger partial charge in [-0.3, -0.25) is 0 Å². The third kappa shape index (κ3) is 4.02. The predicted octanol–water partition coefficient (Wildman–Crippen LogP) is 1.77. The molecule has 0 aromatic heterocycles. The topological polar surface area (TPSA) is 76.0 Å². The van der Waals surface area contributed by atoms with E-state index in [-0.39, 0.29) is 11.5 Å². The van der Waals surface area contributed by atoms with Crippen LogP contribution in [-0.2, 0) is 6.54 Å². The van der Waals surface area contributed by atoms with Gasteiger partial charge in [-0.05, 0) is 32.0 Å². The Morgan fingerprint density at radius 3 is 2.35 bits per heavy atom. The van der Waals surface area contributed by atoms with E-state index >= 15 is 0 Å². The van der Waals surface area contributed by atoms with Crippen LogP contribution in [0.2, 0.25) is 0 Å². The second kappa shape index (κ2) is 7.36. The number of aromatic hydroxyl groups is 3. The van der Waals surface area contributed by atoms with Crippen LogP contribution in [-0.4, -0.2) is 46.4 Å². The average molecular weight is 280 g/mol. The quantitative estimate of drug-likeness (QED) is 0.488. The van der Waals surface area contributed by atoms with Gasteiger partial charge in [-0.1, -0.05) is 18.9 Å². The van der Waals surface area contributed by atoms with Gasteiger partial charge >= 0.3 is 0 Å². The maximum atomic E-state index is 9.70. The minimum absolute atomic E-state index is 0.243. The Kier molecular flexibility index (Phi) is 5.49. The summed E-state index contributed by atoms with van der Waals surface area (Å²) in [6, 6.07) is 3.00. The minimum Gasteiger partial charge on any atom is -0.504 e. The summed E-state index contributed by atoms with van der Waals surface area (Å²) in [6.45, 7) is 4.68. The number of nitrogens with zero attached hydrogens (tertiary/aromatic N) is 1. The molecule has 5 heteroatoms. The summed E-state index contributed by atoms with van der Waals surface area (Å²) >= 11 is 0. The number of phenols is 3. The van der Waals surface area contributed by atoms with Gasteiger partial charge in [0.25, 0.3) is 0 Å². The fraction of sp³-hybridized carbons (Fsp3) is 0.600. The van der Waals surface area contributed by atoms with Gasteiger partial charge in [0, 0.05) is 25.2 Å². The van der Waals surface area contributed by atoms with Crippen molar-refractivity contribution in [2.24, 2.45) is 0 Å². The van der Waals surface area contributed by atoms with Crippen molar-refractivity contribution in [3.05, 3.63) is 17.7 Å². The molecule has 0 aliphatic carbocycles. The molecule has 5 nitrogen and oxygen atoms in total. The number of rotatable bonds is 5. The molecule has 2 rings (SSSR count). The first-order chi connectivity index (χ1) is 9.68. The lowest BCUT2D eigenvalue weighted by Crippen LogP contribution is -2.32. The Hall–Kier alpha value is -1.46. The number of hydrogen-bond acceptors (Lipinski definition) is 5. The Balaban J connectivity index is 1.74. The monoisotopic (exact) mass is 280 g/mol. The van der Waals surface area contributed by atoms with Crippen LogP contribution in [0.3, 0.4) is 0 Å². The van der Waals surface area contributed by atoms with E-state index in [9.17, 15) is 15.3 Å². The fourth-order valence-corrected chi connectivity index (χ4v) is 2.57. The van der Waals surface area contributed by atoms with Crippen molar-refractivity contribution in [3.63, 3.8) is 0 Å². The van der Waals surface area contributed by atoms with E-state index in [2.05, 4.69) is 10.2 Å². The van der Waals surface area contributed by atoms with Crippen LogP contribution in [0.4, 0.5) is 0 Å². The molecule has 1 fully saturated rings. The molecule has 0 amide bonds. The Morgan fingerprint density at radius 2 is 1.65 bits per heavy atom. The van der Waals surface area contributed by atoms with Crippen LogP contribution in [0, 0.1) is 0 Å². The number of benzene rings is 1. The van der Waals surface area contributed by atoms with Crippen LogP contribution < -0.4 is 5.32 Å².